The van der Waals surface area contributed by atoms with E-state index in [-0.39, 0.29) is 12.5 Å². The minimum atomic E-state index is 0.220. The van der Waals surface area contributed by atoms with Crippen LogP contribution >= 0.6 is 11.3 Å². The maximum atomic E-state index is 9.14. The summed E-state index contributed by atoms with van der Waals surface area (Å²) in [6.07, 6.45) is 5.15. The maximum Gasteiger partial charge on any atom is 0.140 e. The van der Waals surface area contributed by atoms with Crippen LogP contribution in [0.3, 0.4) is 0 Å². The Morgan fingerprint density at radius 3 is 2.75 bits per heavy atom. The van der Waals surface area contributed by atoms with Crippen LogP contribution in [0.15, 0.2) is 41.8 Å². The summed E-state index contributed by atoms with van der Waals surface area (Å²) in [5, 5.41) is 15.6. The smallest absolute Gasteiger partial charge is 0.140 e. The predicted octanol–water partition coefficient (Wildman–Crippen LogP) is 2.76. The van der Waals surface area contributed by atoms with Crippen LogP contribution in [-0.4, -0.2) is 29.8 Å². The molecule has 0 unspecified atom stereocenters. The van der Waals surface area contributed by atoms with Crippen LogP contribution in [0, 0.1) is 5.92 Å². The molecule has 128 valence electrons. The van der Waals surface area contributed by atoms with E-state index in [0.29, 0.717) is 12.6 Å². The highest BCUT2D eigenvalue weighted by Gasteiger charge is 2.17. The third-order valence-corrected chi connectivity index (χ3v) is 4.84. The van der Waals surface area contributed by atoms with Crippen LogP contribution in [0.1, 0.15) is 17.1 Å². The molecule has 1 aliphatic carbocycles. The van der Waals surface area contributed by atoms with Crippen molar-refractivity contribution in [2.45, 2.75) is 25.6 Å². The summed E-state index contributed by atoms with van der Waals surface area (Å²) in [6.45, 7) is 1.41. The van der Waals surface area contributed by atoms with Gasteiger partial charge in [-0.3, -0.25) is 0 Å². The lowest BCUT2D eigenvalue weighted by molar-refractivity contribution is 0.246. The molecule has 0 amide bonds. The van der Waals surface area contributed by atoms with Crippen molar-refractivity contribution < 1.29 is 14.6 Å². The van der Waals surface area contributed by atoms with Crippen molar-refractivity contribution in [1.82, 2.24) is 10.3 Å². The van der Waals surface area contributed by atoms with Gasteiger partial charge in [-0.25, -0.2) is 4.98 Å². The Balaban J connectivity index is 1.44. The molecule has 1 aromatic carbocycles. The van der Waals surface area contributed by atoms with E-state index in [4.69, 9.17) is 14.6 Å². The fraction of sp³-hybridized carbons (Fsp3) is 0.389. The van der Waals surface area contributed by atoms with E-state index in [9.17, 15) is 0 Å². The Hall–Kier alpha value is -1.89. The Morgan fingerprint density at radius 1 is 1.25 bits per heavy atom. The highest BCUT2D eigenvalue weighted by atomic mass is 32.1. The van der Waals surface area contributed by atoms with Gasteiger partial charge in [0.15, 0.2) is 0 Å². The van der Waals surface area contributed by atoms with E-state index in [2.05, 4.69) is 27.8 Å². The van der Waals surface area contributed by atoms with Gasteiger partial charge in [0.05, 0.1) is 12.8 Å². The Kier molecular flexibility index (Phi) is 5.85. The Morgan fingerprint density at radius 2 is 2.04 bits per heavy atom. The zero-order chi connectivity index (χ0) is 16.8. The van der Waals surface area contributed by atoms with Crippen LogP contribution in [0.4, 0.5) is 0 Å². The van der Waals surface area contributed by atoms with Gasteiger partial charge in [0.25, 0.3) is 0 Å². The van der Waals surface area contributed by atoms with E-state index >= 15 is 0 Å². The Bertz CT molecular complexity index is 669. The highest BCUT2D eigenvalue weighted by molar-refractivity contribution is 7.09. The summed E-state index contributed by atoms with van der Waals surface area (Å²) in [5.74, 6) is 1.90. The topological polar surface area (TPSA) is 63.6 Å². The first kappa shape index (κ1) is 17.0. The molecule has 2 aromatic rings. The number of benzene rings is 1. The third kappa shape index (κ3) is 4.56. The average molecular weight is 346 g/mol. The first-order chi connectivity index (χ1) is 11.8. The third-order valence-electron chi connectivity index (χ3n) is 3.97. The van der Waals surface area contributed by atoms with Gasteiger partial charge in [0.2, 0.25) is 0 Å². The number of aliphatic hydroxyl groups excluding tert-OH is 1. The zero-order valence-electron chi connectivity index (χ0n) is 13.6. The lowest BCUT2D eigenvalue weighted by Gasteiger charge is -2.11. The van der Waals surface area contributed by atoms with E-state index in [1.165, 1.54) is 0 Å². The molecule has 0 bridgehead atoms. The molecule has 24 heavy (non-hydrogen) atoms. The SMILES string of the molecule is COc1ccc(OCc2nc(CN[C@@H]3C=C[C@H](CO)C3)cs2)cc1. The molecule has 0 aliphatic heterocycles. The van der Waals surface area contributed by atoms with Gasteiger partial charge in [-0.15, -0.1) is 11.3 Å². The van der Waals surface area contributed by atoms with Gasteiger partial charge in [0, 0.05) is 30.5 Å². The molecule has 0 fully saturated rings. The van der Waals surface area contributed by atoms with Crippen LogP contribution in [0.5, 0.6) is 11.5 Å². The summed E-state index contributed by atoms with van der Waals surface area (Å²) in [6, 6.07) is 7.85. The average Bonchev–Trinajstić information content (AvgIpc) is 3.27. The standard InChI is InChI=1S/C18H22N2O3S/c1-22-16-4-6-17(7-5-16)23-11-18-20-15(12-24-18)9-19-14-3-2-13(8-14)10-21/h2-7,12-14,19,21H,8-11H2,1H3/t13-,14+/m0/s1. The monoisotopic (exact) mass is 346 g/mol. The number of hydrogen-bond acceptors (Lipinski definition) is 6. The quantitative estimate of drug-likeness (QED) is 0.720. The predicted molar refractivity (Wildman–Crippen MR) is 94.4 cm³/mol. The lowest BCUT2D eigenvalue weighted by atomic mass is 10.1. The molecule has 2 atom stereocenters. The maximum absolute atomic E-state index is 9.14. The normalized spacial score (nSPS) is 19.6. The number of methoxy groups -OCH3 is 1. The summed E-state index contributed by atoms with van der Waals surface area (Å²) in [5.41, 5.74) is 1.02. The second-order valence-corrected chi connectivity index (χ2v) is 6.69. The number of nitrogens with one attached hydrogen (secondary N) is 1. The van der Waals surface area contributed by atoms with Gasteiger partial charge < -0.3 is 19.9 Å². The number of aromatic nitrogens is 1. The second-order valence-electron chi connectivity index (χ2n) is 5.75. The minimum absolute atomic E-state index is 0.220. The second kappa shape index (κ2) is 8.28. The van der Waals surface area contributed by atoms with E-state index in [0.717, 1.165) is 35.2 Å². The summed E-state index contributed by atoms with van der Waals surface area (Å²) in [4.78, 5) is 4.59. The zero-order valence-corrected chi connectivity index (χ0v) is 14.5. The molecular weight excluding hydrogens is 324 g/mol. The first-order valence-electron chi connectivity index (χ1n) is 7.99. The summed E-state index contributed by atoms with van der Waals surface area (Å²) in [7, 11) is 1.65. The molecule has 2 N–H and O–H groups in total. The molecule has 5 nitrogen and oxygen atoms in total. The Labute approximate surface area is 146 Å². The number of ether oxygens (including phenoxy) is 2. The van der Waals surface area contributed by atoms with Gasteiger partial charge in [-0.1, -0.05) is 12.2 Å². The fourth-order valence-electron chi connectivity index (χ4n) is 2.61. The van der Waals surface area contributed by atoms with Crippen molar-refractivity contribution >= 4 is 11.3 Å². The minimum Gasteiger partial charge on any atom is -0.497 e. The van der Waals surface area contributed by atoms with Gasteiger partial charge in [0.1, 0.15) is 23.1 Å². The molecule has 1 aromatic heterocycles. The number of aliphatic hydroxyl groups is 1. The van der Waals surface area contributed by atoms with E-state index < -0.39 is 0 Å². The van der Waals surface area contributed by atoms with Gasteiger partial charge >= 0.3 is 0 Å². The number of thiazole rings is 1. The molecule has 6 heteroatoms. The van der Waals surface area contributed by atoms with Crippen molar-refractivity contribution in [2.24, 2.45) is 5.92 Å². The fourth-order valence-corrected chi connectivity index (χ4v) is 3.32. The molecule has 0 saturated carbocycles. The first-order valence-corrected chi connectivity index (χ1v) is 8.87. The molecule has 1 heterocycles. The van der Waals surface area contributed by atoms with Crippen LogP contribution in [0.2, 0.25) is 0 Å². The van der Waals surface area contributed by atoms with E-state index in [1.807, 2.05) is 24.3 Å². The van der Waals surface area contributed by atoms with Crippen LogP contribution in [-0.2, 0) is 13.2 Å². The van der Waals surface area contributed by atoms with Crippen molar-refractivity contribution in [3.8, 4) is 11.5 Å². The number of hydrogen-bond donors (Lipinski definition) is 2. The van der Waals surface area contributed by atoms with E-state index in [1.54, 1.807) is 18.4 Å². The molecule has 0 spiro atoms. The van der Waals surface area contributed by atoms with Gasteiger partial charge in [-0.05, 0) is 30.7 Å². The van der Waals surface area contributed by atoms with Crippen LogP contribution < -0.4 is 14.8 Å². The molecule has 0 radical (unpaired) electrons. The lowest BCUT2D eigenvalue weighted by Crippen LogP contribution is -2.26. The van der Waals surface area contributed by atoms with Crippen molar-refractivity contribution in [2.75, 3.05) is 13.7 Å². The molecule has 1 aliphatic rings. The number of rotatable bonds is 8. The molecule has 0 saturated heterocycles. The summed E-state index contributed by atoms with van der Waals surface area (Å²) >= 11 is 1.61. The van der Waals surface area contributed by atoms with Gasteiger partial charge in [-0.2, -0.15) is 0 Å². The molecule has 3 rings (SSSR count). The summed E-state index contributed by atoms with van der Waals surface area (Å²) < 4.78 is 10.9. The molecular formula is C18H22N2O3S. The number of nitrogens with zero attached hydrogens (tertiary/aromatic N) is 1. The van der Waals surface area contributed by atoms with Crippen molar-refractivity contribution in [1.29, 1.82) is 0 Å². The van der Waals surface area contributed by atoms with Crippen molar-refractivity contribution in [3.63, 3.8) is 0 Å². The van der Waals surface area contributed by atoms with Crippen LogP contribution in [0.25, 0.3) is 0 Å². The highest BCUT2D eigenvalue weighted by Crippen LogP contribution is 2.20. The van der Waals surface area contributed by atoms with Crippen molar-refractivity contribution in [3.05, 3.63) is 52.5 Å². The largest absolute Gasteiger partial charge is 0.497 e.